The number of benzene rings is 1. The van der Waals surface area contributed by atoms with Crippen LogP contribution in [0.3, 0.4) is 0 Å². The molecule has 2 atom stereocenters. The lowest BCUT2D eigenvalue weighted by Crippen LogP contribution is -2.40. The molecule has 1 aliphatic carbocycles. The van der Waals surface area contributed by atoms with Crippen LogP contribution >= 0.6 is 0 Å². The summed E-state index contributed by atoms with van der Waals surface area (Å²) in [4.78, 5) is 14.1. The number of aliphatic hydroxyl groups is 1. The average Bonchev–Trinajstić information content (AvgIpc) is 2.56. The van der Waals surface area contributed by atoms with Crippen molar-refractivity contribution in [2.45, 2.75) is 44.9 Å². The SMILES string of the molecule is COCc1ccc(CNC(=O)CN(C)CC2CCCCC2O)cc1. The molecule has 1 amide bonds. The van der Waals surface area contributed by atoms with Crippen molar-refractivity contribution in [3.05, 3.63) is 35.4 Å². The van der Waals surface area contributed by atoms with Crippen molar-refractivity contribution in [3.8, 4) is 0 Å². The van der Waals surface area contributed by atoms with Crippen LogP contribution in [-0.2, 0) is 22.7 Å². The molecule has 0 spiro atoms. The maximum Gasteiger partial charge on any atom is 0.234 e. The number of likely N-dealkylation sites (N-methyl/N-ethyl adjacent to an activating group) is 1. The molecule has 5 heteroatoms. The van der Waals surface area contributed by atoms with Crippen LogP contribution in [0.5, 0.6) is 0 Å². The van der Waals surface area contributed by atoms with E-state index in [0.717, 1.165) is 36.9 Å². The normalized spacial score (nSPS) is 21.0. The Morgan fingerprint density at radius 3 is 2.58 bits per heavy atom. The van der Waals surface area contributed by atoms with E-state index in [1.54, 1.807) is 7.11 Å². The second-order valence-electron chi connectivity index (χ2n) is 6.83. The molecule has 5 nitrogen and oxygen atoms in total. The summed E-state index contributed by atoms with van der Waals surface area (Å²) in [6.07, 6.45) is 4.03. The maximum absolute atomic E-state index is 12.1. The fraction of sp³-hybridized carbons (Fsp3) is 0.632. The van der Waals surface area contributed by atoms with Crippen molar-refractivity contribution >= 4 is 5.91 Å². The van der Waals surface area contributed by atoms with Gasteiger partial charge < -0.3 is 15.2 Å². The summed E-state index contributed by atoms with van der Waals surface area (Å²) in [6.45, 7) is 2.28. The number of nitrogens with zero attached hydrogens (tertiary/aromatic N) is 1. The van der Waals surface area contributed by atoms with Crippen LogP contribution in [0.4, 0.5) is 0 Å². The van der Waals surface area contributed by atoms with Crippen molar-refractivity contribution in [1.29, 1.82) is 0 Å². The smallest absolute Gasteiger partial charge is 0.234 e. The number of rotatable bonds is 8. The van der Waals surface area contributed by atoms with Crippen molar-refractivity contribution in [2.24, 2.45) is 5.92 Å². The predicted octanol–water partition coefficient (Wildman–Crippen LogP) is 1.93. The number of hydrogen-bond donors (Lipinski definition) is 2. The summed E-state index contributed by atoms with van der Waals surface area (Å²) < 4.78 is 5.09. The molecule has 1 aliphatic rings. The Bertz CT molecular complexity index is 504. The molecule has 0 bridgehead atoms. The largest absolute Gasteiger partial charge is 0.393 e. The second kappa shape index (κ2) is 9.77. The molecule has 1 aromatic carbocycles. The molecular weight excluding hydrogens is 304 g/mol. The first-order valence-corrected chi connectivity index (χ1v) is 8.78. The Hall–Kier alpha value is -1.43. The molecule has 0 heterocycles. The third kappa shape index (κ3) is 6.23. The number of aliphatic hydroxyl groups excluding tert-OH is 1. The van der Waals surface area contributed by atoms with Gasteiger partial charge in [-0.05, 0) is 36.9 Å². The standard InChI is InChI=1S/C19H30N2O3/c1-21(12-17-5-3-4-6-18(17)22)13-19(23)20-11-15-7-9-16(10-8-15)14-24-2/h7-10,17-18,22H,3-6,11-14H2,1-2H3,(H,20,23). The number of methoxy groups -OCH3 is 1. The van der Waals surface area contributed by atoms with Gasteiger partial charge >= 0.3 is 0 Å². The zero-order valence-electron chi connectivity index (χ0n) is 14.8. The fourth-order valence-corrected chi connectivity index (χ4v) is 3.29. The van der Waals surface area contributed by atoms with Gasteiger partial charge in [0, 0.05) is 20.2 Å². The van der Waals surface area contributed by atoms with E-state index in [1.165, 1.54) is 6.42 Å². The van der Waals surface area contributed by atoms with E-state index in [2.05, 4.69) is 5.32 Å². The molecule has 24 heavy (non-hydrogen) atoms. The minimum Gasteiger partial charge on any atom is -0.393 e. The van der Waals surface area contributed by atoms with Crippen LogP contribution in [0.2, 0.25) is 0 Å². The van der Waals surface area contributed by atoms with E-state index in [4.69, 9.17) is 4.74 Å². The number of nitrogens with one attached hydrogen (secondary N) is 1. The minimum atomic E-state index is -0.213. The predicted molar refractivity (Wildman–Crippen MR) is 94.5 cm³/mol. The highest BCUT2D eigenvalue weighted by Crippen LogP contribution is 2.24. The quantitative estimate of drug-likeness (QED) is 0.763. The zero-order valence-corrected chi connectivity index (χ0v) is 14.8. The van der Waals surface area contributed by atoms with Crippen molar-refractivity contribution in [1.82, 2.24) is 10.2 Å². The van der Waals surface area contributed by atoms with Crippen LogP contribution in [-0.4, -0.2) is 49.3 Å². The lowest BCUT2D eigenvalue weighted by Gasteiger charge is -2.30. The topological polar surface area (TPSA) is 61.8 Å². The minimum absolute atomic E-state index is 0.0174. The van der Waals surface area contributed by atoms with Crippen molar-refractivity contribution < 1.29 is 14.6 Å². The second-order valence-corrected chi connectivity index (χ2v) is 6.83. The summed E-state index contributed by atoms with van der Waals surface area (Å²) >= 11 is 0. The molecule has 1 saturated carbocycles. The van der Waals surface area contributed by atoms with E-state index in [9.17, 15) is 9.90 Å². The molecule has 0 radical (unpaired) electrons. The maximum atomic E-state index is 12.1. The van der Waals surface area contributed by atoms with Crippen molar-refractivity contribution in [2.75, 3.05) is 27.2 Å². The summed E-state index contributed by atoms with van der Waals surface area (Å²) in [5, 5.41) is 13.0. The Morgan fingerprint density at radius 2 is 1.92 bits per heavy atom. The van der Waals surface area contributed by atoms with Crippen molar-refractivity contribution in [3.63, 3.8) is 0 Å². The highest BCUT2D eigenvalue weighted by molar-refractivity contribution is 5.77. The van der Waals surface area contributed by atoms with Gasteiger partial charge in [-0.25, -0.2) is 0 Å². The van der Waals surface area contributed by atoms with Gasteiger partial charge in [-0.3, -0.25) is 9.69 Å². The highest BCUT2D eigenvalue weighted by atomic mass is 16.5. The first-order chi connectivity index (χ1) is 11.6. The molecule has 2 rings (SSSR count). The fourth-order valence-electron chi connectivity index (χ4n) is 3.29. The molecule has 0 saturated heterocycles. The zero-order chi connectivity index (χ0) is 17.4. The summed E-state index contributed by atoms with van der Waals surface area (Å²) in [7, 11) is 3.62. The number of ether oxygens (including phenoxy) is 1. The summed E-state index contributed by atoms with van der Waals surface area (Å²) in [5.74, 6) is 0.314. The number of carbonyl (C=O) groups excluding carboxylic acids is 1. The Labute approximate surface area is 145 Å². The van der Waals surface area contributed by atoms with Crippen LogP contribution in [0.1, 0.15) is 36.8 Å². The molecule has 0 aliphatic heterocycles. The monoisotopic (exact) mass is 334 g/mol. The van der Waals surface area contributed by atoms with Gasteiger partial charge in [-0.2, -0.15) is 0 Å². The molecule has 2 N–H and O–H groups in total. The first-order valence-electron chi connectivity index (χ1n) is 8.78. The molecule has 1 fully saturated rings. The lowest BCUT2D eigenvalue weighted by molar-refractivity contribution is -0.122. The van der Waals surface area contributed by atoms with E-state index in [-0.39, 0.29) is 12.0 Å². The third-order valence-electron chi connectivity index (χ3n) is 4.65. The third-order valence-corrected chi connectivity index (χ3v) is 4.65. The van der Waals surface area contributed by atoms with E-state index >= 15 is 0 Å². The van der Waals surface area contributed by atoms with Gasteiger partial charge in [-0.15, -0.1) is 0 Å². The molecule has 134 valence electrons. The van der Waals surface area contributed by atoms with Gasteiger partial charge in [0.2, 0.25) is 5.91 Å². The van der Waals surface area contributed by atoms with Gasteiger partial charge in [0.1, 0.15) is 0 Å². The number of amides is 1. The van der Waals surface area contributed by atoms with Gasteiger partial charge in [0.15, 0.2) is 0 Å². The number of carbonyl (C=O) groups is 1. The lowest BCUT2D eigenvalue weighted by atomic mass is 9.86. The van der Waals surface area contributed by atoms with Crippen LogP contribution < -0.4 is 5.32 Å². The number of hydrogen-bond acceptors (Lipinski definition) is 4. The highest BCUT2D eigenvalue weighted by Gasteiger charge is 2.24. The molecule has 2 unspecified atom stereocenters. The molecule has 1 aromatic rings. The summed E-state index contributed by atoms with van der Waals surface area (Å²) in [6, 6.07) is 8.05. The van der Waals surface area contributed by atoms with Crippen LogP contribution in [0, 0.1) is 5.92 Å². The van der Waals surface area contributed by atoms with E-state index in [0.29, 0.717) is 25.6 Å². The molecule has 0 aromatic heterocycles. The first kappa shape index (κ1) is 18.9. The van der Waals surface area contributed by atoms with E-state index in [1.807, 2.05) is 36.2 Å². The van der Waals surface area contributed by atoms with Gasteiger partial charge in [0.25, 0.3) is 0 Å². The Kier molecular flexibility index (Phi) is 7.69. The van der Waals surface area contributed by atoms with Gasteiger partial charge in [-0.1, -0.05) is 37.1 Å². The average molecular weight is 334 g/mol. The Morgan fingerprint density at radius 1 is 1.25 bits per heavy atom. The van der Waals surface area contributed by atoms with Gasteiger partial charge in [0.05, 0.1) is 19.3 Å². The summed E-state index contributed by atoms with van der Waals surface area (Å²) in [5.41, 5.74) is 2.20. The molecular formula is C19H30N2O3. The van der Waals surface area contributed by atoms with E-state index < -0.39 is 0 Å². The Balaban J connectivity index is 1.70. The van der Waals surface area contributed by atoms with Crippen LogP contribution in [0.15, 0.2) is 24.3 Å². The van der Waals surface area contributed by atoms with Crippen LogP contribution in [0.25, 0.3) is 0 Å².